The number of rotatable bonds is 0. The van der Waals surface area contributed by atoms with Crippen LogP contribution in [0.3, 0.4) is 0 Å². The molecule has 0 bridgehead atoms. The van der Waals surface area contributed by atoms with E-state index in [4.69, 9.17) is 0 Å². The van der Waals surface area contributed by atoms with E-state index in [1.807, 2.05) is 18.0 Å². The van der Waals surface area contributed by atoms with Crippen molar-refractivity contribution in [1.82, 2.24) is 0 Å². The van der Waals surface area contributed by atoms with Gasteiger partial charge in [0, 0.05) is 23.4 Å². The van der Waals surface area contributed by atoms with Crippen LogP contribution < -0.4 is 0 Å². The fraction of sp³-hybridized carbons (Fsp3) is 0.375. The van der Waals surface area contributed by atoms with Crippen molar-refractivity contribution in [3.05, 3.63) is 22.6 Å². The van der Waals surface area contributed by atoms with Crippen LogP contribution in [0.4, 0.5) is 0 Å². The third-order valence-corrected chi connectivity index (χ3v) is 2.77. The van der Waals surface area contributed by atoms with Gasteiger partial charge in [0.15, 0.2) is 0 Å². The van der Waals surface area contributed by atoms with E-state index in [1.165, 1.54) is 10.5 Å². The lowest BCUT2D eigenvalue weighted by molar-refractivity contribution is 0.983. The second-order valence-electron chi connectivity index (χ2n) is 2.38. The van der Waals surface area contributed by atoms with Crippen LogP contribution >= 0.6 is 11.8 Å². The normalized spacial score (nSPS) is 23.2. The van der Waals surface area contributed by atoms with Crippen LogP contribution in [-0.4, -0.2) is 18.5 Å². The number of allylic oxidation sites excluding steroid dienone is 2. The number of hydrogen-bond acceptors (Lipinski definition) is 2. The first-order valence-electron chi connectivity index (χ1n) is 3.49. The van der Waals surface area contributed by atoms with E-state index in [0.29, 0.717) is 0 Å². The molecule has 0 atom stereocenters. The molecule has 0 aromatic rings. The van der Waals surface area contributed by atoms with Gasteiger partial charge in [0.1, 0.15) is 0 Å². The predicted molar refractivity (Wildman–Crippen MR) is 46.6 cm³/mol. The molecule has 52 valence electrons. The van der Waals surface area contributed by atoms with Crippen LogP contribution in [0.2, 0.25) is 0 Å². The molecule has 2 heteroatoms. The van der Waals surface area contributed by atoms with E-state index in [2.05, 4.69) is 17.1 Å². The zero-order valence-corrected chi connectivity index (χ0v) is 6.53. The van der Waals surface area contributed by atoms with Gasteiger partial charge >= 0.3 is 0 Å². The van der Waals surface area contributed by atoms with Gasteiger partial charge in [-0.3, -0.25) is 4.99 Å². The minimum Gasteiger partial charge on any atom is -0.293 e. The fourth-order valence-corrected chi connectivity index (χ4v) is 2.18. The van der Waals surface area contributed by atoms with Crippen molar-refractivity contribution < 1.29 is 0 Å². The molecule has 2 aliphatic heterocycles. The smallest absolute Gasteiger partial charge is 0.0429 e. The van der Waals surface area contributed by atoms with Gasteiger partial charge in [0.05, 0.1) is 0 Å². The average Bonchev–Trinajstić information content (AvgIpc) is 2.28. The molecule has 0 saturated carbocycles. The van der Waals surface area contributed by atoms with E-state index in [0.717, 1.165) is 18.7 Å². The summed E-state index contributed by atoms with van der Waals surface area (Å²) in [6.07, 6.45) is 7.49. The Bertz CT molecular complexity index is 225. The summed E-state index contributed by atoms with van der Waals surface area (Å²) in [5.74, 6) is 1.16. The Hall–Kier alpha value is -0.500. The van der Waals surface area contributed by atoms with E-state index < -0.39 is 0 Å². The Labute approximate surface area is 64.9 Å². The zero-order chi connectivity index (χ0) is 6.81. The standard InChI is InChI=1S/C8H9NS/c1-4-9-5-2-8-7(1)3-6-10-8/h2-3,5H,1,4,6H2. The van der Waals surface area contributed by atoms with Gasteiger partial charge in [-0.15, -0.1) is 11.8 Å². The van der Waals surface area contributed by atoms with Crippen molar-refractivity contribution in [3.8, 4) is 0 Å². The molecule has 0 N–H and O–H groups in total. The molecule has 0 amide bonds. The van der Waals surface area contributed by atoms with Gasteiger partial charge in [0.25, 0.3) is 0 Å². The summed E-state index contributed by atoms with van der Waals surface area (Å²) in [6.45, 7) is 0.965. The summed E-state index contributed by atoms with van der Waals surface area (Å²) in [5, 5.41) is 0. The quantitative estimate of drug-likeness (QED) is 0.516. The fourth-order valence-electron chi connectivity index (χ4n) is 1.19. The highest BCUT2D eigenvalue weighted by atomic mass is 32.2. The summed E-state index contributed by atoms with van der Waals surface area (Å²) < 4.78 is 0. The third-order valence-electron chi connectivity index (χ3n) is 1.73. The van der Waals surface area contributed by atoms with E-state index >= 15 is 0 Å². The summed E-state index contributed by atoms with van der Waals surface area (Å²) in [4.78, 5) is 5.63. The second-order valence-corrected chi connectivity index (χ2v) is 3.44. The third kappa shape index (κ3) is 1.03. The topological polar surface area (TPSA) is 12.4 Å². The first kappa shape index (κ1) is 6.23. The van der Waals surface area contributed by atoms with Gasteiger partial charge in [-0.1, -0.05) is 6.08 Å². The highest BCUT2D eigenvalue weighted by molar-refractivity contribution is 8.03. The van der Waals surface area contributed by atoms with E-state index in [-0.39, 0.29) is 0 Å². The summed E-state index contributed by atoms with van der Waals surface area (Å²) in [7, 11) is 0. The molecule has 0 aromatic carbocycles. The maximum Gasteiger partial charge on any atom is 0.0429 e. The van der Waals surface area contributed by atoms with Gasteiger partial charge < -0.3 is 0 Å². The Balaban J connectivity index is 2.29. The lowest BCUT2D eigenvalue weighted by Crippen LogP contribution is -1.81. The van der Waals surface area contributed by atoms with Crippen molar-refractivity contribution in [1.29, 1.82) is 0 Å². The number of fused-ring (bicyclic) bond motifs is 1. The van der Waals surface area contributed by atoms with Crippen molar-refractivity contribution in [3.63, 3.8) is 0 Å². The minimum absolute atomic E-state index is 0.965. The molecule has 2 aliphatic rings. The molecule has 1 nitrogen and oxygen atoms in total. The molecule has 2 heterocycles. The average molecular weight is 151 g/mol. The second kappa shape index (κ2) is 2.62. The molecule has 2 rings (SSSR count). The molecule has 0 spiro atoms. The monoisotopic (exact) mass is 151 g/mol. The van der Waals surface area contributed by atoms with Gasteiger partial charge in [-0.25, -0.2) is 0 Å². The Kier molecular flexibility index (Phi) is 1.63. The predicted octanol–water partition coefficient (Wildman–Crippen LogP) is 2.02. The molecular formula is C8H9NS. The molecule has 0 aliphatic carbocycles. The molecule has 0 fully saturated rings. The number of hydrogen-bond donors (Lipinski definition) is 0. The minimum atomic E-state index is 0.965. The lowest BCUT2D eigenvalue weighted by atomic mass is 10.2. The Morgan fingerprint density at radius 2 is 2.50 bits per heavy atom. The molecule has 10 heavy (non-hydrogen) atoms. The summed E-state index contributed by atoms with van der Waals surface area (Å²) >= 11 is 1.92. The van der Waals surface area contributed by atoms with Crippen LogP contribution in [-0.2, 0) is 0 Å². The van der Waals surface area contributed by atoms with Crippen molar-refractivity contribution >= 4 is 18.0 Å². The first-order chi connectivity index (χ1) is 4.97. The first-order valence-corrected chi connectivity index (χ1v) is 4.48. The van der Waals surface area contributed by atoms with Gasteiger partial charge in [-0.05, 0) is 18.1 Å². The molecule has 0 radical (unpaired) electrons. The molecule has 0 saturated heterocycles. The van der Waals surface area contributed by atoms with E-state index in [9.17, 15) is 0 Å². The van der Waals surface area contributed by atoms with Crippen LogP contribution in [0.15, 0.2) is 27.6 Å². The Morgan fingerprint density at radius 3 is 3.50 bits per heavy atom. The van der Waals surface area contributed by atoms with Crippen molar-refractivity contribution in [2.45, 2.75) is 6.42 Å². The number of nitrogens with zero attached hydrogens (tertiary/aromatic N) is 1. The maximum atomic E-state index is 4.20. The molecule has 0 aromatic heterocycles. The highest BCUT2D eigenvalue weighted by Gasteiger charge is 2.11. The van der Waals surface area contributed by atoms with Crippen molar-refractivity contribution in [2.24, 2.45) is 4.99 Å². The zero-order valence-electron chi connectivity index (χ0n) is 5.71. The summed E-state index contributed by atoms with van der Waals surface area (Å²) in [6, 6.07) is 0. The maximum absolute atomic E-state index is 4.20. The molecule has 0 unspecified atom stereocenters. The Morgan fingerprint density at radius 1 is 1.50 bits per heavy atom. The van der Waals surface area contributed by atoms with Crippen LogP contribution in [0.1, 0.15) is 6.42 Å². The van der Waals surface area contributed by atoms with Crippen LogP contribution in [0.25, 0.3) is 0 Å². The SMILES string of the molecule is C1=NCCC2=CCSC2=C1. The van der Waals surface area contributed by atoms with Crippen LogP contribution in [0.5, 0.6) is 0 Å². The lowest BCUT2D eigenvalue weighted by Gasteiger charge is -1.97. The van der Waals surface area contributed by atoms with Crippen molar-refractivity contribution in [2.75, 3.05) is 12.3 Å². The van der Waals surface area contributed by atoms with E-state index in [1.54, 1.807) is 0 Å². The summed E-state index contributed by atoms with van der Waals surface area (Å²) in [5.41, 5.74) is 1.50. The van der Waals surface area contributed by atoms with Gasteiger partial charge in [0.2, 0.25) is 0 Å². The number of thioether (sulfide) groups is 1. The van der Waals surface area contributed by atoms with Crippen LogP contribution in [0, 0.1) is 0 Å². The molecular weight excluding hydrogens is 142 g/mol. The largest absolute Gasteiger partial charge is 0.293 e. The number of aliphatic imine (C=N–C) groups is 1. The van der Waals surface area contributed by atoms with Gasteiger partial charge in [-0.2, -0.15) is 0 Å². The highest BCUT2D eigenvalue weighted by Crippen LogP contribution is 2.33.